The van der Waals surface area contributed by atoms with Crippen LogP contribution in [0.2, 0.25) is 5.15 Å². The molecule has 0 aliphatic carbocycles. The zero-order chi connectivity index (χ0) is 15.8. The molecule has 0 atom stereocenters. The summed E-state index contributed by atoms with van der Waals surface area (Å²) in [6, 6.07) is 8.07. The lowest BCUT2D eigenvalue weighted by molar-refractivity contribution is 0.799. The minimum Gasteiger partial charge on any atom is -0.357 e. The summed E-state index contributed by atoms with van der Waals surface area (Å²) in [4.78, 5) is 11.3. The van der Waals surface area contributed by atoms with Crippen LogP contribution in [-0.4, -0.2) is 24.0 Å². The first-order valence-corrected chi connectivity index (χ1v) is 8.54. The summed E-state index contributed by atoms with van der Waals surface area (Å²) in [5.74, 6) is 0.843. The van der Waals surface area contributed by atoms with Gasteiger partial charge in [0.25, 0.3) is 0 Å². The summed E-state index contributed by atoms with van der Waals surface area (Å²) in [5, 5.41) is 7.13. The molecule has 0 amide bonds. The van der Waals surface area contributed by atoms with Gasteiger partial charge in [0, 0.05) is 29.0 Å². The molecule has 0 aliphatic rings. The van der Waals surface area contributed by atoms with Crippen molar-refractivity contribution < 1.29 is 0 Å². The summed E-state index contributed by atoms with van der Waals surface area (Å²) in [6.07, 6.45) is 2.69. The van der Waals surface area contributed by atoms with Crippen molar-refractivity contribution in [2.24, 2.45) is 4.99 Å². The minimum atomic E-state index is 0. The first-order valence-electron chi connectivity index (χ1n) is 7.35. The molecule has 0 saturated heterocycles. The van der Waals surface area contributed by atoms with E-state index in [4.69, 9.17) is 11.6 Å². The average molecular weight is 465 g/mol. The van der Waals surface area contributed by atoms with Crippen LogP contribution in [0.25, 0.3) is 0 Å². The Morgan fingerprint density at radius 1 is 1.26 bits per heavy atom. The van der Waals surface area contributed by atoms with E-state index in [1.807, 2.05) is 18.3 Å². The second-order valence-corrected chi connectivity index (χ2v) is 6.63. The van der Waals surface area contributed by atoms with Gasteiger partial charge >= 0.3 is 0 Å². The maximum absolute atomic E-state index is 5.78. The largest absolute Gasteiger partial charge is 0.357 e. The van der Waals surface area contributed by atoms with E-state index in [9.17, 15) is 0 Å². The van der Waals surface area contributed by atoms with E-state index >= 15 is 0 Å². The maximum Gasteiger partial charge on any atom is 0.191 e. The van der Waals surface area contributed by atoms with Gasteiger partial charge in [-0.25, -0.2) is 9.98 Å². The normalized spacial score (nSPS) is 11.0. The van der Waals surface area contributed by atoms with Crippen molar-refractivity contribution in [2.45, 2.75) is 26.8 Å². The standard InChI is InChI=1S/C16H21ClN4S.HI/c1-3-18-16(21-11-14-6-4-12(2)22-14)19-9-8-13-5-7-15(17)20-10-13;/h4-7,10H,3,8-9,11H2,1-2H3,(H2,18,19,21);1H. The van der Waals surface area contributed by atoms with Gasteiger partial charge in [0.2, 0.25) is 0 Å². The van der Waals surface area contributed by atoms with Gasteiger partial charge in [0.05, 0.1) is 6.54 Å². The highest BCUT2D eigenvalue weighted by Crippen LogP contribution is 2.15. The molecule has 2 aromatic rings. The molecule has 0 radical (unpaired) electrons. The predicted molar refractivity (Wildman–Crippen MR) is 110 cm³/mol. The van der Waals surface area contributed by atoms with Crippen LogP contribution in [0, 0.1) is 6.92 Å². The van der Waals surface area contributed by atoms with Crippen molar-refractivity contribution in [3.63, 3.8) is 0 Å². The summed E-state index contributed by atoms with van der Waals surface area (Å²) >= 11 is 7.57. The van der Waals surface area contributed by atoms with Gasteiger partial charge in [-0.05, 0) is 44.0 Å². The van der Waals surface area contributed by atoms with Crippen LogP contribution in [0.15, 0.2) is 35.5 Å². The smallest absolute Gasteiger partial charge is 0.191 e. The summed E-state index contributed by atoms with van der Waals surface area (Å²) < 4.78 is 0. The third kappa shape index (κ3) is 7.50. The molecule has 23 heavy (non-hydrogen) atoms. The van der Waals surface area contributed by atoms with Gasteiger partial charge in [-0.3, -0.25) is 0 Å². The molecule has 0 fully saturated rings. The van der Waals surface area contributed by atoms with Crippen molar-refractivity contribution in [3.8, 4) is 0 Å². The molecule has 0 unspecified atom stereocenters. The minimum absolute atomic E-state index is 0. The molecule has 7 heteroatoms. The monoisotopic (exact) mass is 464 g/mol. The Labute approximate surface area is 163 Å². The first-order chi connectivity index (χ1) is 10.7. The van der Waals surface area contributed by atoms with Gasteiger partial charge < -0.3 is 10.6 Å². The fraction of sp³-hybridized carbons (Fsp3) is 0.375. The zero-order valence-electron chi connectivity index (χ0n) is 13.3. The topological polar surface area (TPSA) is 49.3 Å². The molecule has 2 aromatic heterocycles. The van der Waals surface area contributed by atoms with Crippen molar-refractivity contribution in [1.29, 1.82) is 0 Å². The second-order valence-electron chi connectivity index (χ2n) is 4.87. The second kappa shape index (κ2) is 10.8. The van der Waals surface area contributed by atoms with Crippen LogP contribution < -0.4 is 10.6 Å². The number of aliphatic imine (C=N–C) groups is 1. The van der Waals surface area contributed by atoms with E-state index in [0.29, 0.717) is 11.7 Å². The number of aryl methyl sites for hydroxylation is 1. The molecule has 2 N–H and O–H groups in total. The van der Waals surface area contributed by atoms with Gasteiger partial charge in [0.15, 0.2) is 5.96 Å². The zero-order valence-corrected chi connectivity index (χ0v) is 17.2. The maximum atomic E-state index is 5.78. The van der Waals surface area contributed by atoms with Gasteiger partial charge in [-0.15, -0.1) is 35.3 Å². The number of pyridine rings is 1. The van der Waals surface area contributed by atoms with E-state index in [0.717, 1.165) is 31.0 Å². The van der Waals surface area contributed by atoms with Crippen molar-refractivity contribution in [3.05, 3.63) is 50.9 Å². The van der Waals surface area contributed by atoms with Crippen LogP contribution in [0.5, 0.6) is 0 Å². The summed E-state index contributed by atoms with van der Waals surface area (Å²) in [6.45, 7) is 6.53. The van der Waals surface area contributed by atoms with Crippen LogP contribution >= 0.6 is 46.9 Å². The Morgan fingerprint density at radius 3 is 2.70 bits per heavy atom. The number of hydrogen-bond donors (Lipinski definition) is 2. The Hall–Kier alpha value is -0.860. The summed E-state index contributed by atoms with van der Waals surface area (Å²) in [5.41, 5.74) is 1.15. The Bertz CT molecular complexity index is 613. The lowest BCUT2D eigenvalue weighted by Crippen LogP contribution is -2.38. The van der Waals surface area contributed by atoms with Crippen LogP contribution in [0.1, 0.15) is 22.2 Å². The van der Waals surface area contributed by atoms with E-state index < -0.39 is 0 Å². The molecule has 0 aromatic carbocycles. The van der Waals surface area contributed by atoms with Crippen LogP contribution in [0.3, 0.4) is 0 Å². The number of nitrogens with zero attached hydrogens (tertiary/aromatic N) is 2. The number of halogens is 2. The van der Waals surface area contributed by atoms with E-state index in [1.165, 1.54) is 9.75 Å². The number of hydrogen-bond acceptors (Lipinski definition) is 3. The number of guanidine groups is 1. The highest BCUT2D eigenvalue weighted by molar-refractivity contribution is 14.0. The quantitative estimate of drug-likeness (QED) is 0.294. The fourth-order valence-corrected chi connectivity index (χ4v) is 2.88. The Morgan fingerprint density at radius 2 is 2.09 bits per heavy atom. The molecule has 126 valence electrons. The number of aromatic nitrogens is 1. The number of rotatable bonds is 6. The first kappa shape index (κ1) is 20.2. The van der Waals surface area contributed by atoms with Gasteiger partial charge in [-0.1, -0.05) is 17.7 Å². The third-order valence-corrected chi connectivity index (χ3v) is 4.24. The third-order valence-electron chi connectivity index (χ3n) is 3.03. The molecule has 4 nitrogen and oxygen atoms in total. The van der Waals surface area contributed by atoms with Gasteiger partial charge in [-0.2, -0.15) is 0 Å². The molecular formula is C16H22ClIN4S. The molecule has 0 aliphatic heterocycles. The molecule has 0 saturated carbocycles. The van der Waals surface area contributed by atoms with Crippen molar-refractivity contribution in [1.82, 2.24) is 15.6 Å². The summed E-state index contributed by atoms with van der Waals surface area (Å²) in [7, 11) is 0. The van der Waals surface area contributed by atoms with Crippen LogP contribution in [0.4, 0.5) is 0 Å². The molecular weight excluding hydrogens is 443 g/mol. The van der Waals surface area contributed by atoms with Crippen molar-refractivity contribution >= 4 is 52.9 Å². The van der Waals surface area contributed by atoms with E-state index in [-0.39, 0.29) is 24.0 Å². The predicted octanol–water partition coefficient (Wildman–Crippen LogP) is 4.02. The van der Waals surface area contributed by atoms with Crippen LogP contribution in [-0.2, 0) is 13.0 Å². The van der Waals surface area contributed by atoms with E-state index in [2.05, 4.69) is 46.6 Å². The molecule has 2 rings (SSSR count). The van der Waals surface area contributed by atoms with E-state index in [1.54, 1.807) is 11.3 Å². The molecule has 0 bridgehead atoms. The fourth-order valence-electron chi connectivity index (χ4n) is 1.95. The lowest BCUT2D eigenvalue weighted by atomic mass is 10.2. The van der Waals surface area contributed by atoms with Crippen molar-refractivity contribution in [2.75, 3.05) is 13.1 Å². The lowest BCUT2D eigenvalue weighted by Gasteiger charge is -2.11. The highest BCUT2D eigenvalue weighted by Gasteiger charge is 2.00. The molecule has 2 heterocycles. The Kier molecular flexibility index (Phi) is 9.50. The number of thiophene rings is 1. The average Bonchev–Trinajstić information content (AvgIpc) is 2.92. The number of nitrogens with one attached hydrogen (secondary N) is 2. The highest BCUT2D eigenvalue weighted by atomic mass is 127. The SMILES string of the molecule is CCNC(=NCc1ccc(C)s1)NCCc1ccc(Cl)nc1.I. The van der Waals surface area contributed by atoms with Gasteiger partial charge in [0.1, 0.15) is 5.15 Å². The Balaban J connectivity index is 0.00000264. The molecule has 0 spiro atoms.